The predicted octanol–water partition coefficient (Wildman–Crippen LogP) is 4.97. The molecule has 2 rings (SSSR count). The molecule has 0 unspecified atom stereocenters. The van der Waals surface area contributed by atoms with E-state index in [1.165, 1.54) is 5.56 Å². The molecular weight excluding hydrogens is 262 g/mol. The molecule has 3 heteroatoms. The van der Waals surface area contributed by atoms with E-state index in [0.29, 0.717) is 17.4 Å². The van der Waals surface area contributed by atoms with Crippen LogP contribution in [0.25, 0.3) is 0 Å². The monoisotopic (exact) mass is 285 g/mol. The van der Waals surface area contributed by atoms with Crippen molar-refractivity contribution < 1.29 is 9.47 Å². The minimum atomic E-state index is 0.0996. The number of nitrogen functional groups attached to an aromatic ring is 1. The van der Waals surface area contributed by atoms with Gasteiger partial charge in [-0.3, -0.25) is 0 Å². The highest BCUT2D eigenvalue weighted by atomic mass is 16.5. The number of hydrogen-bond acceptors (Lipinski definition) is 3. The van der Waals surface area contributed by atoms with Crippen molar-refractivity contribution in [2.24, 2.45) is 0 Å². The van der Waals surface area contributed by atoms with Gasteiger partial charge in [-0.05, 0) is 31.4 Å². The summed E-state index contributed by atoms with van der Waals surface area (Å²) < 4.78 is 11.7. The molecule has 0 spiro atoms. The number of benzene rings is 2. The van der Waals surface area contributed by atoms with Crippen LogP contribution in [-0.2, 0) is 0 Å². The lowest BCUT2D eigenvalue weighted by Crippen LogP contribution is -2.06. The van der Waals surface area contributed by atoms with Crippen molar-refractivity contribution in [3.8, 4) is 17.2 Å². The summed E-state index contributed by atoms with van der Waals surface area (Å²) in [4.78, 5) is 0. The lowest BCUT2D eigenvalue weighted by molar-refractivity contribution is 0.242. The Morgan fingerprint density at radius 2 is 1.57 bits per heavy atom. The molecule has 0 bridgehead atoms. The Balaban J connectivity index is 2.29. The van der Waals surface area contributed by atoms with Gasteiger partial charge in [0.1, 0.15) is 17.2 Å². The van der Waals surface area contributed by atoms with Crippen molar-refractivity contribution in [1.29, 1.82) is 0 Å². The molecule has 0 aliphatic rings. The number of hydrogen-bond donors (Lipinski definition) is 1. The highest BCUT2D eigenvalue weighted by molar-refractivity contribution is 5.52. The molecule has 2 N–H and O–H groups in total. The molecule has 21 heavy (non-hydrogen) atoms. The quantitative estimate of drug-likeness (QED) is 0.789. The zero-order chi connectivity index (χ0) is 15.4. The third-order valence-electron chi connectivity index (χ3n) is 3.04. The molecular formula is C18H23NO2. The first-order valence-electron chi connectivity index (χ1n) is 7.29. The van der Waals surface area contributed by atoms with Crippen molar-refractivity contribution >= 4 is 5.69 Å². The predicted molar refractivity (Wildman–Crippen MR) is 87.2 cm³/mol. The molecule has 0 fully saturated rings. The first-order chi connectivity index (χ1) is 9.95. The van der Waals surface area contributed by atoms with Gasteiger partial charge in [0.15, 0.2) is 0 Å². The second-order valence-electron chi connectivity index (χ2n) is 5.70. The average molecular weight is 285 g/mol. The number of ether oxygens (including phenoxy) is 2. The second-order valence-corrected chi connectivity index (χ2v) is 5.70. The van der Waals surface area contributed by atoms with Crippen LogP contribution in [0.2, 0.25) is 0 Å². The van der Waals surface area contributed by atoms with Gasteiger partial charge in [0, 0.05) is 23.9 Å². The van der Waals surface area contributed by atoms with E-state index in [2.05, 4.69) is 19.9 Å². The first kappa shape index (κ1) is 15.2. The van der Waals surface area contributed by atoms with Crippen molar-refractivity contribution in [2.75, 3.05) is 5.73 Å². The van der Waals surface area contributed by atoms with Gasteiger partial charge in [0.25, 0.3) is 0 Å². The van der Waals surface area contributed by atoms with Gasteiger partial charge in [-0.15, -0.1) is 0 Å². The maximum Gasteiger partial charge on any atom is 0.133 e. The van der Waals surface area contributed by atoms with Crippen LogP contribution < -0.4 is 15.2 Å². The summed E-state index contributed by atoms with van der Waals surface area (Å²) in [7, 11) is 0. The summed E-state index contributed by atoms with van der Waals surface area (Å²) in [6.07, 6.45) is 0.0996. The maximum atomic E-state index is 6.01. The fourth-order valence-corrected chi connectivity index (χ4v) is 2.17. The largest absolute Gasteiger partial charge is 0.491 e. The minimum absolute atomic E-state index is 0.0996. The average Bonchev–Trinajstić information content (AvgIpc) is 2.37. The van der Waals surface area contributed by atoms with Crippen LogP contribution >= 0.6 is 0 Å². The van der Waals surface area contributed by atoms with Gasteiger partial charge in [-0.1, -0.05) is 32.0 Å². The third kappa shape index (κ3) is 4.15. The minimum Gasteiger partial charge on any atom is -0.491 e. The molecule has 0 aliphatic heterocycles. The Hall–Kier alpha value is -2.16. The smallest absolute Gasteiger partial charge is 0.133 e. The molecule has 2 aromatic carbocycles. The van der Waals surface area contributed by atoms with Crippen molar-refractivity contribution in [3.63, 3.8) is 0 Å². The summed E-state index contributed by atoms with van der Waals surface area (Å²) in [5.74, 6) is 2.67. The summed E-state index contributed by atoms with van der Waals surface area (Å²) in [6.45, 7) is 8.26. The molecule has 2 aromatic rings. The molecule has 0 aromatic heterocycles. The number of rotatable bonds is 5. The van der Waals surface area contributed by atoms with E-state index in [1.54, 1.807) is 6.07 Å². The van der Waals surface area contributed by atoms with E-state index in [0.717, 1.165) is 11.5 Å². The molecule has 3 nitrogen and oxygen atoms in total. The standard InChI is InChI=1S/C18H23NO2/c1-12(2)17-7-5-6-8-18(17)21-16-10-14(19)9-15(11-16)20-13(3)4/h5-13H,19H2,1-4H3. The van der Waals surface area contributed by atoms with Gasteiger partial charge in [0.2, 0.25) is 0 Å². The van der Waals surface area contributed by atoms with Crippen LogP contribution in [0.4, 0.5) is 5.69 Å². The summed E-state index contributed by atoms with van der Waals surface area (Å²) in [5, 5.41) is 0. The Morgan fingerprint density at radius 1 is 0.905 bits per heavy atom. The fraction of sp³-hybridized carbons (Fsp3) is 0.333. The third-order valence-corrected chi connectivity index (χ3v) is 3.04. The zero-order valence-corrected chi connectivity index (χ0v) is 13.1. The SMILES string of the molecule is CC(C)Oc1cc(N)cc(Oc2ccccc2C(C)C)c1. The zero-order valence-electron chi connectivity index (χ0n) is 13.1. The van der Waals surface area contributed by atoms with Gasteiger partial charge < -0.3 is 15.2 Å². The van der Waals surface area contributed by atoms with Crippen molar-refractivity contribution in [3.05, 3.63) is 48.0 Å². The van der Waals surface area contributed by atoms with Gasteiger partial charge in [-0.25, -0.2) is 0 Å². The number of para-hydroxylation sites is 1. The number of anilines is 1. The van der Waals surface area contributed by atoms with E-state index in [9.17, 15) is 0 Å². The normalized spacial score (nSPS) is 11.0. The lowest BCUT2D eigenvalue weighted by Gasteiger charge is -2.15. The summed E-state index contributed by atoms with van der Waals surface area (Å²) in [5.41, 5.74) is 7.73. The van der Waals surface area contributed by atoms with Crippen LogP contribution in [0.1, 0.15) is 39.2 Å². The second kappa shape index (κ2) is 6.53. The van der Waals surface area contributed by atoms with Crippen molar-refractivity contribution in [2.45, 2.75) is 39.7 Å². The summed E-state index contributed by atoms with van der Waals surface area (Å²) >= 11 is 0. The molecule has 0 heterocycles. The molecule has 0 radical (unpaired) electrons. The fourth-order valence-electron chi connectivity index (χ4n) is 2.17. The van der Waals surface area contributed by atoms with Gasteiger partial charge >= 0.3 is 0 Å². The van der Waals surface area contributed by atoms with E-state index in [1.807, 2.05) is 44.2 Å². The van der Waals surface area contributed by atoms with Crippen LogP contribution in [-0.4, -0.2) is 6.10 Å². The lowest BCUT2D eigenvalue weighted by atomic mass is 10.0. The molecule has 0 saturated carbocycles. The molecule has 0 aliphatic carbocycles. The van der Waals surface area contributed by atoms with Crippen LogP contribution in [0, 0.1) is 0 Å². The van der Waals surface area contributed by atoms with E-state index in [-0.39, 0.29) is 6.10 Å². The van der Waals surface area contributed by atoms with Crippen LogP contribution in [0.3, 0.4) is 0 Å². The first-order valence-corrected chi connectivity index (χ1v) is 7.29. The molecule has 0 saturated heterocycles. The maximum absolute atomic E-state index is 6.01. The Labute approximate surface area is 126 Å². The Bertz CT molecular complexity index is 606. The summed E-state index contributed by atoms with van der Waals surface area (Å²) in [6, 6.07) is 13.5. The van der Waals surface area contributed by atoms with E-state index in [4.69, 9.17) is 15.2 Å². The highest BCUT2D eigenvalue weighted by Crippen LogP contribution is 2.33. The topological polar surface area (TPSA) is 44.5 Å². The van der Waals surface area contributed by atoms with Crippen LogP contribution in [0.15, 0.2) is 42.5 Å². The Morgan fingerprint density at radius 3 is 2.24 bits per heavy atom. The highest BCUT2D eigenvalue weighted by Gasteiger charge is 2.09. The van der Waals surface area contributed by atoms with Crippen LogP contribution in [0.5, 0.6) is 17.2 Å². The van der Waals surface area contributed by atoms with E-state index >= 15 is 0 Å². The van der Waals surface area contributed by atoms with Gasteiger partial charge in [0.05, 0.1) is 6.10 Å². The molecule has 0 atom stereocenters. The van der Waals surface area contributed by atoms with Gasteiger partial charge in [-0.2, -0.15) is 0 Å². The molecule has 0 amide bonds. The Kier molecular flexibility index (Phi) is 4.73. The van der Waals surface area contributed by atoms with E-state index < -0.39 is 0 Å². The molecule has 112 valence electrons. The number of nitrogens with two attached hydrogens (primary N) is 1. The van der Waals surface area contributed by atoms with Crippen molar-refractivity contribution in [1.82, 2.24) is 0 Å².